The first-order chi connectivity index (χ1) is 13.0. The number of aromatic nitrogens is 2. The maximum Gasteiger partial charge on any atom is 0.176 e. The second-order valence-corrected chi connectivity index (χ2v) is 6.87. The molecule has 0 aliphatic rings. The highest BCUT2D eigenvalue weighted by molar-refractivity contribution is 7.80. The van der Waals surface area contributed by atoms with Crippen LogP contribution in [0.5, 0.6) is 5.75 Å². The summed E-state index contributed by atoms with van der Waals surface area (Å²) in [6, 6.07) is 15.1. The van der Waals surface area contributed by atoms with Crippen LogP contribution >= 0.6 is 35.4 Å². The van der Waals surface area contributed by atoms with Gasteiger partial charge in [0.15, 0.2) is 10.9 Å². The summed E-state index contributed by atoms with van der Waals surface area (Å²) in [5.74, 6) is 1.29. The van der Waals surface area contributed by atoms with Gasteiger partial charge < -0.3 is 15.4 Å². The van der Waals surface area contributed by atoms with E-state index in [1.165, 1.54) is 0 Å². The van der Waals surface area contributed by atoms with E-state index in [0.717, 1.165) is 17.0 Å². The van der Waals surface area contributed by atoms with Crippen molar-refractivity contribution < 1.29 is 4.74 Å². The molecule has 2 aromatic carbocycles. The van der Waals surface area contributed by atoms with Crippen molar-refractivity contribution >= 4 is 52.0 Å². The van der Waals surface area contributed by atoms with Crippen molar-refractivity contribution in [1.29, 1.82) is 0 Å². The van der Waals surface area contributed by atoms with Crippen molar-refractivity contribution in [2.24, 2.45) is 0 Å². The Morgan fingerprint density at radius 2 is 1.81 bits per heavy atom. The molecule has 8 heteroatoms. The topological polar surface area (TPSA) is 51.1 Å². The SMILES string of the molecule is CCOc1ccc(NC(=S)Nc2nn(Cc3ccccc3Cl)cc2Cl)cc1. The maximum atomic E-state index is 6.27. The molecule has 1 aromatic heterocycles. The minimum atomic E-state index is 0.393. The standard InChI is InChI=1S/C19H18Cl2N4OS/c1-2-26-15-9-7-14(8-10-15)22-19(27)23-18-17(21)12-25(24-18)11-13-5-3-4-6-16(13)20/h3-10,12H,2,11H2,1H3,(H2,22,23,24,27). The molecule has 0 fully saturated rings. The lowest BCUT2D eigenvalue weighted by Crippen LogP contribution is -2.19. The molecule has 3 aromatic rings. The van der Waals surface area contributed by atoms with Crippen LogP contribution in [0.25, 0.3) is 0 Å². The lowest BCUT2D eigenvalue weighted by molar-refractivity contribution is 0.340. The molecule has 0 atom stereocenters. The first kappa shape index (κ1) is 19.5. The smallest absolute Gasteiger partial charge is 0.176 e. The molecule has 3 rings (SSSR count). The molecule has 27 heavy (non-hydrogen) atoms. The Morgan fingerprint density at radius 3 is 2.52 bits per heavy atom. The van der Waals surface area contributed by atoms with Gasteiger partial charge in [-0.25, -0.2) is 0 Å². The molecule has 0 aliphatic carbocycles. The fourth-order valence-electron chi connectivity index (χ4n) is 2.43. The fourth-order valence-corrected chi connectivity index (χ4v) is 3.04. The number of hydrogen-bond acceptors (Lipinski definition) is 3. The Labute approximate surface area is 173 Å². The predicted octanol–water partition coefficient (Wildman–Crippen LogP) is 5.45. The molecular weight excluding hydrogens is 403 g/mol. The molecular formula is C19H18Cl2N4OS. The van der Waals surface area contributed by atoms with Crippen LogP contribution in [0.4, 0.5) is 11.5 Å². The van der Waals surface area contributed by atoms with E-state index >= 15 is 0 Å². The molecule has 0 saturated carbocycles. The second-order valence-electron chi connectivity index (χ2n) is 5.65. The summed E-state index contributed by atoms with van der Waals surface area (Å²) in [4.78, 5) is 0. The number of benzene rings is 2. The predicted molar refractivity (Wildman–Crippen MR) is 115 cm³/mol. The van der Waals surface area contributed by atoms with Crippen molar-refractivity contribution in [2.45, 2.75) is 13.5 Å². The zero-order chi connectivity index (χ0) is 19.2. The van der Waals surface area contributed by atoms with Gasteiger partial charge in [-0.05, 0) is 55.0 Å². The number of nitrogens with zero attached hydrogens (tertiary/aromatic N) is 2. The van der Waals surface area contributed by atoms with Crippen LogP contribution in [0.15, 0.2) is 54.7 Å². The van der Waals surface area contributed by atoms with Crippen molar-refractivity contribution in [2.75, 3.05) is 17.2 Å². The Hall–Kier alpha value is -2.28. The van der Waals surface area contributed by atoms with Crippen molar-refractivity contribution in [1.82, 2.24) is 9.78 Å². The van der Waals surface area contributed by atoms with Gasteiger partial charge in [0.2, 0.25) is 0 Å². The maximum absolute atomic E-state index is 6.27. The summed E-state index contributed by atoms with van der Waals surface area (Å²) in [6.45, 7) is 3.09. The van der Waals surface area contributed by atoms with Crippen LogP contribution in [0, 0.1) is 0 Å². The van der Waals surface area contributed by atoms with E-state index in [1.807, 2.05) is 55.5 Å². The normalized spacial score (nSPS) is 10.5. The van der Waals surface area contributed by atoms with Gasteiger partial charge in [-0.15, -0.1) is 0 Å². The van der Waals surface area contributed by atoms with Gasteiger partial charge in [0, 0.05) is 16.9 Å². The molecule has 1 heterocycles. The van der Waals surface area contributed by atoms with Gasteiger partial charge in [-0.2, -0.15) is 5.10 Å². The van der Waals surface area contributed by atoms with Gasteiger partial charge in [0.25, 0.3) is 0 Å². The molecule has 0 unspecified atom stereocenters. The Kier molecular flexibility index (Phi) is 6.55. The number of thiocarbonyl (C=S) groups is 1. The average Bonchev–Trinajstić information content (AvgIpc) is 2.98. The van der Waals surface area contributed by atoms with E-state index in [1.54, 1.807) is 10.9 Å². The van der Waals surface area contributed by atoms with E-state index in [4.69, 9.17) is 40.2 Å². The van der Waals surface area contributed by atoms with E-state index in [0.29, 0.717) is 34.1 Å². The minimum Gasteiger partial charge on any atom is -0.494 e. The highest BCUT2D eigenvalue weighted by Gasteiger charge is 2.10. The largest absolute Gasteiger partial charge is 0.494 e. The molecule has 2 N–H and O–H groups in total. The Balaban J connectivity index is 1.62. The van der Waals surface area contributed by atoms with Crippen LogP contribution in [0.2, 0.25) is 10.0 Å². The van der Waals surface area contributed by atoms with Crippen molar-refractivity contribution in [3.8, 4) is 5.75 Å². The number of halogens is 2. The zero-order valence-corrected chi connectivity index (χ0v) is 16.9. The first-order valence-electron chi connectivity index (χ1n) is 8.32. The van der Waals surface area contributed by atoms with Crippen LogP contribution < -0.4 is 15.4 Å². The quantitative estimate of drug-likeness (QED) is 0.519. The van der Waals surface area contributed by atoms with Crippen LogP contribution in [-0.2, 0) is 6.54 Å². The summed E-state index contributed by atoms with van der Waals surface area (Å²) in [5, 5.41) is 12.1. The highest BCUT2D eigenvalue weighted by atomic mass is 35.5. The molecule has 0 radical (unpaired) electrons. The van der Waals surface area contributed by atoms with E-state index in [2.05, 4.69) is 15.7 Å². The van der Waals surface area contributed by atoms with Crippen LogP contribution in [-0.4, -0.2) is 21.5 Å². The molecule has 0 amide bonds. The molecule has 0 spiro atoms. The Morgan fingerprint density at radius 1 is 1.07 bits per heavy atom. The third-order valence-electron chi connectivity index (χ3n) is 3.66. The third kappa shape index (κ3) is 5.35. The fraction of sp³-hybridized carbons (Fsp3) is 0.158. The number of nitrogens with one attached hydrogen (secondary N) is 2. The third-order valence-corrected chi connectivity index (χ3v) is 4.51. The van der Waals surface area contributed by atoms with Crippen LogP contribution in [0.1, 0.15) is 12.5 Å². The molecule has 5 nitrogen and oxygen atoms in total. The Bertz CT molecular complexity index is 928. The van der Waals surface area contributed by atoms with Gasteiger partial charge in [0.1, 0.15) is 10.8 Å². The number of ether oxygens (including phenoxy) is 1. The number of hydrogen-bond donors (Lipinski definition) is 2. The zero-order valence-electron chi connectivity index (χ0n) is 14.6. The molecule has 0 aliphatic heterocycles. The van der Waals surface area contributed by atoms with Gasteiger partial charge in [0.05, 0.1) is 13.2 Å². The molecule has 140 valence electrons. The summed E-state index contributed by atoms with van der Waals surface area (Å²) >= 11 is 17.8. The first-order valence-corrected chi connectivity index (χ1v) is 9.49. The number of anilines is 2. The summed E-state index contributed by atoms with van der Waals surface area (Å²) in [7, 11) is 0. The van der Waals surface area contributed by atoms with Crippen molar-refractivity contribution in [3.63, 3.8) is 0 Å². The summed E-state index contributed by atoms with van der Waals surface area (Å²) < 4.78 is 7.13. The highest BCUT2D eigenvalue weighted by Crippen LogP contribution is 2.22. The average molecular weight is 421 g/mol. The van der Waals surface area contributed by atoms with Crippen LogP contribution in [0.3, 0.4) is 0 Å². The van der Waals surface area contributed by atoms with E-state index in [9.17, 15) is 0 Å². The summed E-state index contributed by atoms with van der Waals surface area (Å²) in [5.41, 5.74) is 1.79. The monoisotopic (exact) mass is 420 g/mol. The van der Waals surface area contributed by atoms with Gasteiger partial charge >= 0.3 is 0 Å². The lowest BCUT2D eigenvalue weighted by Gasteiger charge is -2.10. The lowest BCUT2D eigenvalue weighted by atomic mass is 10.2. The van der Waals surface area contributed by atoms with E-state index < -0.39 is 0 Å². The molecule has 0 bridgehead atoms. The molecule has 0 saturated heterocycles. The second kappa shape index (κ2) is 9.08. The van der Waals surface area contributed by atoms with Gasteiger partial charge in [-0.1, -0.05) is 41.4 Å². The summed E-state index contributed by atoms with van der Waals surface area (Å²) in [6.07, 6.45) is 1.73. The minimum absolute atomic E-state index is 0.393. The number of rotatable bonds is 6. The van der Waals surface area contributed by atoms with Gasteiger partial charge in [-0.3, -0.25) is 4.68 Å². The van der Waals surface area contributed by atoms with Crippen molar-refractivity contribution in [3.05, 3.63) is 70.3 Å². The van der Waals surface area contributed by atoms with E-state index in [-0.39, 0.29) is 0 Å².